The number of carbonyl (C=O) groups is 2. The summed E-state index contributed by atoms with van der Waals surface area (Å²) in [5.74, 6) is -0.832. The van der Waals surface area contributed by atoms with Gasteiger partial charge in [0.2, 0.25) is 0 Å². The second-order valence-electron chi connectivity index (χ2n) is 6.52. The third-order valence-electron chi connectivity index (χ3n) is 3.85. The van der Waals surface area contributed by atoms with Crippen LogP contribution in [0.5, 0.6) is 0 Å². The van der Waals surface area contributed by atoms with E-state index in [4.69, 9.17) is 23.0 Å². The van der Waals surface area contributed by atoms with E-state index in [1.54, 1.807) is 0 Å². The van der Waals surface area contributed by atoms with Crippen LogP contribution in [0.3, 0.4) is 0 Å². The van der Waals surface area contributed by atoms with Gasteiger partial charge in [0.15, 0.2) is 0 Å². The van der Waals surface area contributed by atoms with Gasteiger partial charge in [-0.2, -0.15) is 0 Å². The molecule has 0 aromatic carbocycles. The van der Waals surface area contributed by atoms with E-state index in [-0.39, 0.29) is 13.2 Å². The van der Waals surface area contributed by atoms with Crippen molar-refractivity contribution in [3.63, 3.8) is 0 Å². The molecule has 0 aromatic rings. The lowest BCUT2D eigenvalue weighted by atomic mass is 10.2. The van der Waals surface area contributed by atoms with Crippen molar-refractivity contribution in [2.75, 3.05) is 33.0 Å². The maximum absolute atomic E-state index is 12.7. The maximum atomic E-state index is 12.7. The minimum absolute atomic E-state index is 0.280. The Labute approximate surface area is 180 Å². The van der Waals surface area contributed by atoms with Gasteiger partial charge in [-0.3, -0.25) is 13.6 Å². The molecule has 0 aliphatic carbocycles. The van der Waals surface area contributed by atoms with Gasteiger partial charge in [-0.1, -0.05) is 32.9 Å². The summed E-state index contributed by atoms with van der Waals surface area (Å²) < 4.78 is 38.6. The number of phosphoric ester groups is 1. The van der Waals surface area contributed by atoms with Crippen LogP contribution in [0.1, 0.15) is 64.7 Å². The van der Waals surface area contributed by atoms with Crippen molar-refractivity contribution in [2.45, 2.75) is 64.7 Å². The number of rotatable bonds is 21. The molecule has 0 heterocycles. The fraction of sp³-hybridized carbons (Fsp3) is 0.714. The Kier molecular flexibility index (Phi) is 18.5. The van der Waals surface area contributed by atoms with Gasteiger partial charge < -0.3 is 9.47 Å². The summed E-state index contributed by atoms with van der Waals surface area (Å²) in [4.78, 5) is 21.8. The first kappa shape index (κ1) is 28.5. The predicted octanol–water partition coefficient (Wildman–Crippen LogP) is 5.13. The van der Waals surface area contributed by atoms with Crippen LogP contribution in [-0.4, -0.2) is 45.0 Å². The number of unbranched alkanes of at least 4 members (excludes halogenated alkanes) is 6. The highest BCUT2D eigenvalue weighted by atomic mass is 31.2. The summed E-state index contributed by atoms with van der Waals surface area (Å²) in [6.07, 6.45) is 9.39. The molecule has 0 saturated carbocycles. The average Bonchev–Trinajstić information content (AvgIpc) is 2.75. The average molecular weight is 448 g/mol. The quantitative estimate of drug-likeness (QED) is 0.103. The molecule has 0 unspecified atom stereocenters. The number of esters is 2. The summed E-state index contributed by atoms with van der Waals surface area (Å²) in [6, 6.07) is 0. The van der Waals surface area contributed by atoms with Crippen LogP contribution < -0.4 is 0 Å². The molecule has 0 atom stereocenters. The Bertz CT molecular complexity index is 495. The lowest BCUT2D eigenvalue weighted by Gasteiger charge is -2.17. The highest BCUT2D eigenvalue weighted by molar-refractivity contribution is 7.48. The van der Waals surface area contributed by atoms with Crippen LogP contribution >= 0.6 is 7.82 Å². The van der Waals surface area contributed by atoms with Gasteiger partial charge in [-0.05, 0) is 44.9 Å². The molecule has 0 saturated heterocycles. The van der Waals surface area contributed by atoms with E-state index in [1.807, 2.05) is 6.92 Å². The highest BCUT2D eigenvalue weighted by Gasteiger charge is 2.25. The van der Waals surface area contributed by atoms with Crippen molar-refractivity contribution >= 4 is 19.8 Å². The number of hydrogen-bond donors (Lipinski definition) is 0. The molecule has 0 radical (unpaired) electrons. The molecule has 0 aliphatic heterocycles. The molecule has 0 bridgehead atoms. The SMILES string of the molecule is C=CC(=O)OCCCCCCOP(=O)(OCCC)OCCCCCCOC(=O)C=C. The fourth-order valence-corrected chi connectivity index (χ4v) is 3.58. The lowest BCUT2D eigenvalue weighted by molar-refractivity contribution is -0.138. The van der Waals surface area contributed by atoms with E-state index < -0.39 is 19.8 Å². The Hall–Kier alpha value is -1.47. The molecule has 0 N–H and O–H groups in total. The number of hydrogen-bond acceptors (Lipinski definition) is 8. The Morgan fingerprint density at radius 1 is 0.667 bits per heavy atom. The zero-order valence-corrected chi connectivity index (χ0v) is 19.1. The molecule has 0 aromatic heterocycles. The van der Waals surface area contributed by atoms with Crippen molar-refractivity contribution in [3.05, 3.63) is 25.3 Å². The molecule has 9 heteroatoms. The Morgan fingerprint density at radius 3 is 1.40 bits per heavy atom. The first-order valence-electron chi connectivity index (χ1n) is 10.6. The largest absolute Gasteiger partial charge is 0.474 e. The molecule has 8 nitrogen and oxygen atoms in total. The van der Waals surface area contributed by atoms with Crippen molar-refractivity contribution in [1.29, 1.82) is 0 Å². The molecular weight excluding hydrogens is 411 g/mol. The summed E-state index contributed by atoms with van der Waals surface area (Å²) in [7, 11) is -3.55. The van der Waals surface area contributed by atoms with Crippen molar-refractivity contribution in [2.24, 2.45) is 0 Å². The van der Waals surface area contributed by atoms with Crippen LogP contribution in [0, 0.1) is 0 Å². The third-order valence-corrected chi connectivity index (χ3v) is 5.35. The normalized spacial score (nSPS) is 11.1. The lowest BCUT2D eigenvalue weighted by Crippen LogP contribution is -2.05. The van der Waals surface area contributed by atoms with E-state index >= 15 is 0 Å². The number of carbonyl (C=O) groups excluding carboxylic acids is 2. The molecule has 0 aliphatic rings. The minimum Gasteiger partial charge on any atom is -0.463 e. The first-order chi connectivity index (χ1) is 14.5. The zero-order chi connectivity index (χ0) is 22.5. The van der Waals surface area contributed by atoms with Gasteiger partial charge >= 0.3 is 19.8 Å². The van der Waals surface area contributed by atoms with Crippen molar-refractivity contribution < 1.29 is 37.2 Å². The van der Waals surface area contributed by atoms with Crippen LogP contribution in [0.4, 0.5) is 0 Å². The van der Waals surface area contributed by atoms with E-state index in [1.165, 1.54) is 0 Å². The number of ether oxygens (including phenoxy) is 2. The van der Waals surface area contributed by atoms with E-state index in [9.17, 15) is 14.2 Å². The highest BCUT2D eigenvalue weighted by Crippen LogP contribution is 2.49. The minimum atomic E-state index is -3.55. The van der Waals surface area contributed by atoms with E-state index in [2.05, 4.69) is 13.2 Å². The first-order valence-corrected chi connectivity index (χ1v) is 12.1. The smallest absolute Gasteiger partial charge is 0.463 e. The maximum Gasteiger partial charge on any atom is 0.474 e. The van der Waals surface area contributed by atoms with Crippen LogP contribution in [0.2, 0.25) is 0 Å². The second kappa shape index (κ2) is 19.5. The van der Waals surface area contributed by atoms with Crippen LogP contribution in [0.25, 0.3) is 0 Å². The monoisotopic (exact) mass is 448 g/mol. The predicted molar refractivity (Wildman–Crippen MR) is 115 cm³/mol. The van der Waals surface area contributed by atoms with Crippen molar-refractivity contribution in [3.8, 4) is 0 Å². The molecule has 174 valence electrons. The number of phosphoric acid groups is 1. The summed E-state index contributed by atoms with van der Waals surface area (Å²) in [5, 5.41) is 0. The van der Waals surface area contributed by atoms with Gasteiger partial charge in [0.1, 0.15) is 0 Å². The van der Waals surface area contributed by atoms with E-state index in [0.29, 0.717) is 39.1 Å². The third kappa shape index (κ3) is 17.4. The standard InChI is InChI=1S/C21H37O8P/c1-4-15-27-30(24,28-18-13-9-7-11-16-25-20(22)5-2)29-19-14-10-8-12-17-26-21(23)6-3/h5-6H,2-4,7-19H2,1H3. The second-order valence-corrected chi connectivity index (χ2v) is 8.19. The Morgan fingerprint density at radius 2 is 1.03 bits per heavy atom. The van der Waals surface area contributed by atoms with Gasteiger partial charge in [0.25, 0.3) is 0 Å². The molecule has 0 rings (SSSR count). The molecule has 0 amide bonds. The molecule has 30 heavy (non-hydrogen) atoms. The molecule has 0 fully saturated rings. The van der Waals surface area contributed by atoms with Gasteiger partial charge in [-0.15, -0.1) is 0 Å². The molecule has 0 spiro atoms. The van der Waals surface area contributed by atoms with Crippen LogP contribution in [0.15, 0.2) is 25.3 Å². The van der Waals surface area contributed by atoms with E-state index in [0.717, 1.165) is 50.7 Å². The van der Waals surface area contributed by atoms with Crippen molar-refractivity contribution in [1.82, 2.24) is 0 Å². The molecular formula is C21H37O8P. The summed E-state index contributed by atoms with van der Waals surface area (Å²) in [5.41, 5.74) is 0. The van der Waals surface area contributed by atoms with Gasteiger partial charge in [0, 0.05) is 12.2 Å². The fourth-order valence-electron chi connectivity index (χ4n) is 2.25. The summed E-state index contributed by atoms with van der Waals surface area (Å²) >= 11 is 0. The zero-order valence-electron chi connectivity index (χ0n) is 18.2. The van der Waals surface area contributed by atoms with Gasteiger partial charge in [-0.25, -0.2) is 14.2 Å². The van der Waals surface area contributed by atoms with Gasteiger partial charge in [0.05, 0.1) is 33.0 Å². The Balaban J connectivity index is 3.87. The summed E-state index contributed by atoms with van der Waals surface area (Å²) in [6.45, 7) is 10.2. The topological polar surface area (TPSA) is 97.4 Å². The van der Waals surface area contributed by atoms with Crippen LogP contribution in [-0.2, 0) is 37.2 Å².